The SMILES string of the molecule is Cn1c(=O)c(C(=O)CCC(=O)O)c(O)c2cc(Oc3ccccc3)ccc21. The molecule has 0 unspecified atom stereocenters. The summed E-state index contributed by atoms with van der Waals surface area (Å²) < 4.78 is 6.98. The summed E-state index contributed by atoms with van der Waals surface area (Å²) in [4.78, 5) is 35.5. The van der Waals surface area contributed by atoms with Crippen LogP contribution in [0.4, 0.5) is 0 Å². The first-order valence-electron chi connectivity index (χ1n) is 8.22. The van der Waals surface area contributed by atoms with E-state index >= 15 is 0 Å². The Bertz CT molecular complexity index is 1090. The third kappa shape index (κ3) is 3.67. The number of aromatic hydroxyl groups is 1. The number of carbonyl (C=O) groups is 2. The number of pyridine rings is 1. The number of aromatic nitrogens is 1. The third-order valence-electron chi connectivity index (χ3n) is 4.16. The van der Waals surface area contributed by atoms with Gasteiger partial charge in [0.15, 0.2) is 5.78 Å². The van der Waals surface area contributed by atoms with Crippen molar-refractivity contribution in [2.24, 2.45) is 7.05 Å². The number of aliphatic carboxylic acids is 1. The quantitative estimate of drug-likeness (QED) is 0.649. The van der Waals surface area contributed by atoms with Crippen molar-refractivity contribution in [2.75, 3.05) is 0 Å². The van der Waals surface area contributed by atoms with Crippen molar-refractivity contribution in [3.63, 3.8) is 0 Å². The molecule has 1 aromatic heterocycles. The first-order valence-corrected chi connectivity index (χ1v) is 8.22. The van der Waals surface area contributed by atoms with Crippen LogP contribution in [0.25, 0.3) is 10.9 Å². The fraction of sp³-hybridized carbons (Fsp3) is 0.150. The van der Waals surface area contributed by atoms with Crippen molar-refractivity contribution < 1.29 is 24.5 Å². The van der Waals surface area contributed by atoms with Gasteiger partial charge in [-0.05, 0) is 30.3 Å². The molecule has 0 atom stereocenters. The van der Waals surface area contributed by atoms with Gasteiger partial charge in [0.05, 0.1) is 11.9 Å². The predicted octanol–water partition coefficient (Wildman–Crippen LogP) is 3.08. The highest BCUT2D eigenvalue weighted by Gasteiger charge is 2.22. The van der Waals surface area contributed by atoms with Gasteiger partial charge in [-0.25, -0.2) is 0 Å². The van der Waals surface area contributed by atoms with Crippen molar-refractivity contribution in [1.82, 2.24) is 4.57 Å². The summed E-state index contributed by atoms with van der Waals surface area (Å²) in [6, 6.07) is 13.8. The minimum atomic E-state index is -1.15. The van der Waals surface area contributed by atoms with Crippen LogP contribution in [0, 0.1) is 0 Å². The molecule has 2 aromatic carbocycles. The van der Waals surface area contributed by atoms with E-state index in [0.717, 1.165) is 0 Å². The molecule has 0 aliphatic carbocycles. The van der Waals surface area contributed by atoms with Gasteiger partial charge in [-0.1, -0.05) is 18.2 Å². The van der Waals surface area contributed by atoms with Crippen LogP contribution in [0.15, 0.2) is 53.3 Å². The van der Waals surface area contributed by atoms with Crippen molar-refractivity contribution in [1.29, 1.82) is 0 Å². The molecule has 0 saturated carbocycles. The van der Waals surface area contributed by atoms with Crippen molar-refractivity contribution >= 4 is 22.7 Å². The number of carboxylic acid groups (broad SMARTS) is 1. The lowest BCUT2D eigenvalue weighted by atomic mass is 10.0. The molecular formula is C20H17NO6. The average Bonchev–Trinajstić information content (AvgIpc) is 2.65. The molecule has 3 rings (SSSR count). The number of ether oxygens (including phenoxy) is 1. The Kier molecular flexibility index (Phi) is 4.94. The highest BCUT2D eigenvalue weighted by atomic mass is 16.5. The van der Waals surface area contributed by atoms with E-state index in [1.165, 1.54) is 17.7 Å². The number of hydrogen-bond acceptors (Lipinski definition) is 5. The van der Waals surface area contributed by atoms with Gasteiger partial charge in [-0.15, -0.1) is 0 Å². The first-order chi connectivity index (χ1) is 12.9. The van der Waals surface area contributed by atoms with E-state index < -0.39 is 35.0 Å². The first kappa shape index (κ1) is 18.2. The second kappa shape index (κ2) is 7.33. The van der Waals surface area contributed by atoms with Gasteiger partial charge in [0.1, 0.15) is 22.8 Å². The molecule has 3 aromatic rings. The van der Waals surface area contributed by atoms with Crippen LogP contribution >= 0.6 is 0 Å². The molecule has 1 heterocycles. The molecule has 27 heavy (non-hydrogen) atoms. The number of rotatable bonds is 6. The lowest BCUT2D eigenvalue weighted by Crippen LogP contribution is -2.25. The minimum Gasteiger partial charge on any atom is -0.506 e. The molecule has 0 bridgehead atoms. The maximum Gasteiger partial charge on any atom is 0.303 e. The smallest absolute Gasteiger partial charge is 0.303 e. The highest BCUT2D eigenvalue weighted by molar-refractivity contribution is 6.04. The molecule has 0 aliphatic rings. The average molecular weight is 367 g/mol. The van der Waals surface area contributed by atoms with Crippen molar-refractivity contribution in [2.45, 2.75) is 12.8 Å². The normalized spacial score (nSPS) is 10.7. The monoisotopic (exact) mass is 367 g/mol. The largest absolute Gasteiger partial charge is 0.506 e. The van der Waals surface area contributed by atoms with Crippen LogP contribution in [0.3, 0.4) is 0 Å². The van der Waals surface area contributed by atoms with E-state index in [9.17, 15) is 19.5 Å². The summed E-state index contributed by atoms with van der Waals surface area (Å²) in [6.07, 6.45) is -0.791. The third-order valence-corrected chi connectivity index (χ3v) is 4.16. The molecule has 0 spiro atoms. The Morgan fingerprint density at radius 1 is 1.04 bits per heavy atom. The lowest BCUT2D eigenvalue weighted by molar-refractivity contribution is -0.136. The molecule has 138 valence electrons. The second-order valence-corrected chi connectivity index (χ2v) is 6.00. The summed E-state index contributed by atoms with van der Waals surface area (Å²) in [5.41, 5.74) is -0.664. The van der Waals surface area contributed by atoms with Crippen LogP contribution in [0.1, 0.15) is 23.2 Å². The van der Waals surface area contributed by atoms with Crippen molar-refractivity contribution in [3.8, 4) is 17.2 Å². The van der Waals surface area contributed by atoms with Gasteiger partial charge in [0.25, 0.3) is 5.56 Å². The summed E-state index contributed by atoms with van der Waals surface area (Å²) >= 11 is 0. The maximum absolute atomic E-state index is 12.5. The number of fused-ring (bicyclic) bond motifs is 1. The summed E-state index contributed by atoms with van der Waals surface area (Å²) in [5.74, 6) is -1.32. The fourth-order valence-corrected chi connectivity index (χ4v) is 2.80. The molecule has 0 saturated heterocycles. The van der Waals surface area contributed by atoms with Crippen LogP contribution in [0.2, 0.25) is 0 Å². The lowest BCUT2D eigenvalue weighted by Gasteiger charge is -2.13. The Morgan fingerprint density at radius 3 is 2.41 bits per heavy atom. The van der Waals surface area contributed by atoms with Gasteiger partial charge in [0, 0.05) is 18.9 Å². The predicted molar refractivity (Wildman–Crippen MR) is 98.6 cm³/mol. The molecule has 0 fully saturated rings. The van der Waals surface area contributed by atoms with E-state index in [1.54, 1.807) is 24.3 Å². The Balaban J connectivity index is 2.08. The molecule has 0 aliphatic heterocycles. The zero-order valence-corrected chi connectivity index (χ0v) is 14.5. The standard InChI is InChI=1S/C20H17NO6/c1-21-15-8-7-13(27-12-5-3-2-4-6-12)11-14(15)19(25)18(20(21)26)16(22)9-10-17(23)24/h2-8,11,25H,9-10H2,1H3,(H,23,24). The number of carboxylic acids is 1. The van der Waals surface area contributed by atoms with E-state index in [2.05, 4.69) is 0 Å². The zero-order valence-electron chi connectivity index (χ0n) is 14.5. The Hall–Kier alpha value is -3.61. The van der Waals surface area contributed by atoms with E-state index in [1.807, 2.05) is 18.2 Å². The van der Waals surface area contributed by atoms with Gasteiger partial charge < -0.3 is 19.5 Å². The van der Waals surface area contributed by atoms with Gasteiger partial charge in [0.2, 0.25) is 0 Å². The van der Waals surface area contributed by atoms with Crippen LogP contribution in [0.5, 0.6) is 17.2 Å². The van der Waals surface area contributed by atoms with Crippen LogP contribution in [-0.4, -0.2) is 26.5 Å². The number of ketones is 1. The molecule has 7 heteroatoms. The van der Waals surface area contributed by atoms with E-state index in [4.69, 9.17) is 9.84 Å². The number of carbonyl (C=O) groups excluding carboxylic acids is 1. The van der Waals surface area contributed by atoms with Crippen LogP contribution in [-0.2, 0) is 11.8 Å². The number of aryl methyl sites for hydroxylation is 1. The number of Topliss-reactive ketones (excluding diaryl/α,β-unsaturated/α-hetero) is 1. The number of benzene rings is 2. The molecule has 2 N–H and O–H groups in total. The number of hydrogen-bond donors (Lipinski definition) is 2. The molecule has 7 nitrogen and oxygen atoms in total. The molecule has 0 amide bonds. The maximum atomic E-state index is 12.5. The van der Waals surface area contributed by atoms with Gasteiger partial charge >= 0.3 is 5.97 Å². The molecule has 0 radical (unpaired) electrons. The zero-order chi connectivity index (χ0) is 19.6. The highest BCUT2D eigenvalue weighted by Crippen LogP contribution is 2.32. The minimum absolute atomic E-state index is 0.268. The van der Waals surface area contributed by atoms with Crippen molar-refractivity contribution in [3.05, 3.63) is 64.4 Å². The number of para-hydroxylation sites is 1. The van der Waals surface area contributed by atoms with E-state index in [-0.39, 0.29) is 11.8 Å². The second-order valence-electron chi connectivity index (χ2n) is 6.00. The van der Waals surface area contributed by atoms with Gasteiger partial charge in [-0.2, -0.15) is 0 Å². The Labute approximate surface area is 154 Å². The topological polar surface area (TPSA) is 106 Å². The number of nitrogens with zero attached hydrogens (tertiary/aromatic N) is 1. The summed E-state index contributed by atoms with van der Waals surface area (Å²) in [7, 11) is 1.48. The Morgan fingerprint density at radius 2 is 1.74 bits per heavy atom. The van der Waals surface area contributed by atoms with E-state index in [0.29, 0.717) is 17.0 Å². The van der Waals surface area contributed by atoms with Crippen LogP contribution < -0.4 is 10.3 Å². The molecular weight excluding hydrogens is 350 g/mol. The van der Waals surface area contributed by atoms with Gasteiger partial charge in [-0.3, -0.25) is 14.4 Å². The fourth-order valence-electron chi connectivity index (χ4n) is 2.80. The summed E-state index contributed by atoms with van der Waals surface area (Å²) in [5, 5.41) is 19.5. The summed E-state index contributed by atoms with van der Waals surface area (Å²) in [6.45, 7) is 0.